The van der Waals surface area contributed by atoms with Gasteiger partial charge < -0.3 is 5.11 Å². The molecule has 3 saturated carbocycles. The summed E-state index contributed by atoms with van der Waals surface area (Å²) >= 11 is 2.20. The van der Waals surface area contributed by atoms with E-state index in [1.54, 1.807) is 0 Å². The van der Waals surface area contributed by atoms with Crippen LogP contribution in [0.15, 0.2) is 30.3 Å². The highest BCUT2D eigenvalue weighted by atomic mass is 32.2. The number of rotatable bonds is 3. The summed E-state index contributed by atoms with van der Waals surface area (Å²) in [5.74, 6) is 1.98. The Kier molecular flexibility index (Phi) is 4.08. The average Bonchev–Trinajstić information content (AvgIpc) is 2.77. The van der Waals surface area contributed by atoms with E-state index >= 15 is 0 Å². The zero-order valence-corrected chi connectivity index (χ0v) is 16.2. The Hall–Kier alpha value is -0.470. The van der Waals surface area contributed by atoms with E-state index in [4.69, 9.17) is 0 Å². The van der Waals surface area contributed by atoms with E-state index in [1.165, 1.54) is 37.7 Å². The number of fused-ring (bicyclic) bond motifs is 1. The molecule has 4 rings (SSSR count). The van der Waals surface area contributed by atoms with Gasteiger partial charge in [-0.2, -0.15) is 11.8 Å². The number of hydrogen-bond acceptors (Lipinski definition) is 2. The monoisotopic (exact) mass is 344 g/mol. The highest BCUT2D eigenvalue weighted by Crippen LogP contribution is 2.70. The van der Waals surface area contributed by atoms with Crippen molar-refractivity contribution in [3.05, 3.63) is 35.9 Å². The molecule has 1 spiro atoms. The van der Waals surface area contributed by atoms with Crippen molar-refractivity contribution in [1.82, 2.24) is 0 Å². The van der Waals surface area contributed by atoms with Gasteiger partial charge in [-0.1, -0.05) is 51.1 Å². The third-order valence-corrected chi connectivity index (χ3v) is 9.25. The number of benzene rings is 1. The maximum absolute atomic E-state index is 10.6. The zero-order chi connectivity index (χ0) is 17.0. The second-order valence-electron chi connectivity index (χ2n) is 9.69. The van der Waals surface area contributed by atoms with Crippen LogP contribution in [0, 0.1) is 22.2 Å². The molecule has 2 bridgehead atoms. The first kappa shape index (κ1) is 17.0. The van der Waals surface area contributed by atoms with Gasteiger partial charge in [0.25, 0.3) is 0 Å². The molecule has 2 heteroatoms. The summed E-state index contributed by atoms with van der Waals surface area (Å²) in [4.78, 5) is 0. The van der Waals surface area contributed by atoms with Crippen molar-refractivity contribution >= 4 is 11.8 Å². The first-order valence-corrected chi connectivity index (χ1v) is 10.7. The molecule has 0 unspecified atom stereocenters. The molecule has 5 atom stereocenters. The van der Waals surface area contributed by atoms with Gasteiger partial charge in [0.05, 0.1) is 6.10 Å². The van der Waals surface area contributed by atoms with Gasteiger partial charge in [-0.15, -0.1) is 0 Å². The van der Waals surface area contributed by atoms with E-state index in [2.05, 4.69) is 62.9 Å². The summed E-state index contributed by atoms with van der Waals surface area (Å²) in [5.41, 5.74) is 2.54. The van der Waals surface area contributed by atoms with Gasteiger partial charge in [0.1, 0.15) is 0 Å². The standard InChI is InChI=1S/C22H32OS/c1-20(2)13-19(24-14-16-7-5-4-6-8-16)22-12-10-18(23)21(3,15-22)11-9-17(20)22/h4-8,17-19,23H,9-15H2,1-3H3/t17-,18+,19-,21+,22-/m0/s1. The van der Waals surface area contributed by atoms with E-state index in [0.717, 1.165) is 23.3 Å². The lowest BCUT2D eigenvalue weighted by molar-refractivity contribution is -0.114. The molecule has 0 radical (unpaired) electrons. The third kappa shape index (κ3) is 2.56. The molecular formula is C22H32OS. The van der Waals surface area contributed by atoms with Gasteiger partial charge >= 0.3 is 0 Å². The molecule has 0 aromatic heterocycles. The van der Waals surface area contributed by atoms with E-state index in [-0.39, 0.29) is 11.5 Å². The van der Waals surface area contributed by atoms with Crippen LogP contribution in [0.1, 0.15) is 64.9 Å². The van der Waals surface area contributed by atoms with Crippen molar-refractivity contribution in [2.24, 2.45) is 22.2 Å². The van der Waals surface area contributed by atoms with Gasteiger partial charge in [-0.25, -0.2) is 0 Å². The third-order valence-electron chi connectivity index (χ3n) is 7.71. The van der Waals surface area contributed by atoms with Crippen molar-refractivity contribution in [1.29, 1.82) is 0 Å². The highest BCUT2D eigenvalue weighted by molar-refractivity contribution is 7.99. The normalized spacial score (nSPS) is 43.4. The molecule has 0 aliphatic heterocycles. The first-order chi connectivity index (χ1) is 11.4. The maximum atomic E-state index is 10.6. The molecule has 0 amide bonds. The van der Waals surface area contributed by atoms with Gasteiger partial charge in [0, 0.05) is 11.0 Å². The van der Waals surface area contributed by atoms with Crippen molar-refractivity contribution in [2.45, 2.75) is 76.4 Å². The molecule has 1 aromatic carbocycles. The van der Waals surface area contributed by atoms with Crippen LogP contribution in [0.2, 0.25) is 0 Å². The lowest BCUT2D eigenvalue weighted by Crippen LogP contribution is -2.53. The molecule has 1 aromatic rings. The van der Waals surface area contributed by atoms with Gasteiger partial charge in [-0.3, -0.25) is 0 Å². The molecule has 3 fully saturated rings. The van der Waals surface area contributed by atoms with Gasteiger partial charge in [0.15, 0.2) is 0 Å². The predicted octanol–water partition coefficient (Wildman–Crippen LogP) is 5.67. The Morgan fingerprint density at radius 3 is 2.58 bits per heavy atom. The molecule has 24 heavy (non-hydrogen) atoms. The molecular weight excluding hydrogens is 312 g/mol. The average molecular weight is 345 g/mol. The van der Waals surface area contributed by atoms with Crippen LogP contribution >= 0.6 is 11.8 Å². The molecule has 132 valence electrons. The second kappa shape index (κ2) is 5.77. The molecule has 1 N–H and O–H groups in total. The summed E-state index contributed by atoms with van der Waals surface area (Å²) in [6.07, 6.45) is 7.33. The maximum Gasteiger partial charge on any atom is 0.0594 e. The SMILES string of the molecule is CC1(C)C[C@H](SCc2ccccc2)[C@]23CC[C@@H](O)[C@](C)(CC[C@@H]12)C3. The topological polar surface area (TPSA) is 20.2 Å². The van der Waals surface area contributed by atoms with Crippen LogP contribution in [0.4, 0.5) is 0 Å². The minimum absolute atomic E-state index is 0.0763. The van der Waals surface area contributed by atoms with Crippen molar-refractivity contribution < 1.29 is 5.11 Å². The van der Waals surface area contributed by atoms with E-state index in [1.807, 2.05) is 0 Å². The highest BCUT2D eigenvalue weighted by Gasteiger charge is 2.64. The van der Waals surface area contributed by atoms with Crippen LogP contribution in [0.3, 0.4) is 0 Å². The fourth-order valence-electron chi connectivity index (χ4n) is 6.51. The number of aliphatic hydroxyl groups is 1. The summed E-state index contributed by atoms with van der Waals surface area (Å²) in [6.45, 7) is 7.38. The van der Waals surface area contributed by atoms with Crippen molar-refractivity contribution in [3.8, 4) is 0 Å². The van der Waals surface area contributed by atoms with Crippen molar-refractivity contribution in [2.75, 3.05) is 0 Å². The Labute approximate surface area is 151 Å². The van der Waals surface area contributed by atoms with Crippen LogP contribution in [-0.2, 0) is 5.75 Å². The first-order valence-electron chi connectivity index (χ1n) is 9.69. The minimum Gasteiger partial charge on any atom is -0.393 e. The van der Waals surface area contributed by atoms with E-state index in [9.17, 15) is 5.11 Å². The van der Waals surface area contributed by atoms with Crippen LogP contribution in [0.5, 0.6) is 0 Å². The fraction of sp³-hybridized carbons (Fsp3) is 0.727. The Morgan fingerprint density at radius 2 is 1.83 bits per heavy atom. The van der Waals surface area contributed by atoms with E-state index < -0.39 is 0 Å². The number of aliphatic hydroxyl groups excluding tert-OH is 1. The predicted molar refractivity (Wildman–Crippen MR) is 103 cm³/mol. The number of hydrogen-bond donors (Lipinski definition) is 1. The quantitative estimate of drug-likeness (QED) is 0.763. The summed E-state index contributed by atoms with van der Waals surface area (Å²) in [7, 11) is 0. The molecule has 3 aliphatic carbocycles. The smallest absolute Gasteiger partial charge is 0.0594 e. The van der Waals surface area contributed by atoms with Crippen LogP contribution < -0.4 is 0 Å². The number of thioether (sulfide) groups is 1. The molecule has 1 nitrogen and oxygen atoms in total. The zero-order valence-electron chi connectivity index (χ0n) is 15.4. The van der Waals surface area contributed by atoms with Gasteiger partial charge in [0.2, 0.25) is 0 Å². The fourth-order valence-corrected chi connectivity index (χ4v) is 8.34. The molecule has 0 saturated heterocycles. The summed E-state index contributed by atoms with van der Waals surface area (Å²) in [5, 5.41) is 11.4. The lowest BCUT2D eigenvalue weighted by atomic mass is 9.49. The van der Waals surface area contributed by atoms with Crippen molar-refractivity contribution in [3.63, 3.8) is 0 Å². The van der Waals surface area contributed by atoms with Crippen LogP contribution in [0.25, 0.3) is 0 Å². The Balaban J connectivity index is 1.60. The Bertz CT molecular complexity index is 597. The summed E-state index contributed by atoms with van der Waals surface area (Å²) < 4.78 is 0. The molecule has 0 heterocycles. The Morgan fingerprint density at radius 1 is 1.08 bits per heavy atom. The van der Waals surface area contributed by atoms with Gasteiger partial charge in [-0.05, 0) is 66.3 Å². The second-order valence-corrected chi connectivity index (χ2v) is 10.9. The van der Waals surface area contributed by atoms with Crippen LogP contribution in [-0.4, -0.2) is 16.5 Å². The summed E-state index contributed by atoms with van der Waals surface area (Å²) in [6, 6.07) is 10.9. The molecule has 3 aliphatic rings. The lowest BCUT2D eigenvalue weighted by Gasteiger charge is -2.58. The minimum atomic E-state index is -0.0763. The van der Waals surface area contributed by atoms with E-state index in [0.29, 0.717) is 10.8 Å². The largest absolute Gasteiger partial charge is 0.393 e.